The van der Waals surface area contributed by atoms with Crippen molar-refractivity contribution in [3.63, 3.8) is 0 Å². The first kappa shape index (κ1) is 18.1. The minimum absolute atomic E-state index is 0.0186. The first-order chi connectivity index (χ1) is 12.0. The highest BCUT2D eigenvalue weighted by atomic mass is 35.5. The van der Waals surface area contributed by atoms with E-state index in [1.54, 1.807) is 6.07 Å². The molecule has 2 aliphatic heterocycles. The molecule has 1 aromatic carbocycles. The number of benzene rings is 1. The lowest BCUT2D eigenvalue weighted by Crippen LogP contribution is -2.41. The van der Waals surface area contributed by atoms with Gasteiger partial charge >= 0.3 is 0 Å². The second-order valence-corrected chi connectivity index (χ2v) is 8.87. The standard InChI is InChI=1S/C18H18ClFN2O2S/c19-13-4-3-12(14(20)9-13)11-22-15(5-6-17(22)23)18(24)16(10-21)25-7-1-2-8-25/h3-4,9,15H,1-2,5-8,11H2. The minimum Gasteiger partial charge on any atom is -0.328 e. The van der Waals surface area contributed by atoms with Crippen LogP contribution in [0, 0.1) is 17.1 Å². The van der Waals surface area contributed by atoms with Crippen LogP contribution in [-0.4, -0.2) is 39.0 Å². The van der Waals surface area contributed by atoms with Gasteiger partial charge in [-0.05, 0) is 42.9 Å². The van der Waals surface area contributed by atoms with Gasteiger partial charge in [0.05, 0.1) is 6.04 Å². The molecule has 2 saturated heterocycles. The fourth-order valence-corrected chi connectivity index (χ4v) is 5.74. The van der Waals surface area contributed by atoms with Crippen molar-refractivity contribution in [2.24, 2.45) is 0 Å². The quantitative estimate of drug-likeness (QED) is 0.753. The van der Waals surface area contributed by atoms with Crippen molar-refractivity contribution in [3.8, 4) is 6.07 Å². The lowest BCUT2D eigenvalue weighted by molar-refractivity contribution is -0.132. The first-order valence-corrected chi connectivity index (χ1v) is 10.2. The molecule has 1 atom stereocenters. The van der Waals surface area contributed by atoms with Crippen molar-refractivity contribution < 1.29 is 14.0 Å². The van der Waals surface area contributed by atoms with Crippen LogP contribution in [-0.2, 0) is 16.1 Å². The van der Waals surface area contributed by atoms with Gasteiger partial charge in [0.15, 0.2) is 0 Å². The molecule has 25 heavy (non-hydrogen) atoms. The summed E-state index contributed by atoms with van der Waals surface area (Å²) in [7, 11) is -0.295. The highest BCUT2D eigenvalue weighted by molar-refractivity contribution is 8.17. The smallest absolute Gasteiger partial charge is 0.223 e. The Morgan fingerprint density at radius 2 is 2.12 bits per heavy atom. The molecule has 1 aromatic rings. The molecule has 1 amide bonds. The zero-order chi connectivity index (χ0) is 18.0. The number of hydrogen-bond donors (Lipinski definition) is 0. The highest BCUT2D eigenvalue weighted by Crippen LogP contribution is 2.30. The Balaban J connectivity index is 1.85. The van der Waals surface area contributed by atoms with Crippen molar-refractivity contribution in [1.29, 1.82) is 5.26 Å². The van der Waals surface area contributed by atoms with Gasteiger partial charge in [-0.25, -0.2) is 4.39 Å². The average Bonchev–Trinajstić information content (AvgIpc) is 3.22. The van der Waals surface area contributed by atoms with Crippen molar-refractivity contribution >= 4 is 38.6 Å². The van der Waals surface area contributed by atoms with E-state index in [9.17, 15) is 19.2 Å². The second-order valence-electron chi connectivity index (χ2n) is 6.23. The fourth-order valence-electron chi connectivity index (χ4n) is 3.31. The van der Waals surface area contributed by atoms with Gasteiger partial charge in [-0.2, -0.15) is 15.7 Å². The van der Waals surface area contributed by atoms with E-state index in [4.69, 9.17) is 11.6 Å². The number of Topliss-reactive ketones (excluding diaryl/α,β-unsaturated/α-hetero) is 1. The molecule has 7 heteroatoms. The van der Waals surface area contributed by atoms with Gasteiger partial charge < -0.3 is 4.90 Å². The number of rotatable bonds is 4. The maximum Gasteiger partial charge on any atom is 0.223 e. The first-order valence-electron chi connectivity index (χ1n) is 8.23. The van der Waals surface area contributed by atoms with Gasteiger partial charge in [0.2, 0.25) is 11.7 Å². The van der Waals surface area contributed by atoms with E-state index in [-0.39, 0.29) is 40.2 Å². The Morgan fingerprint density at radius 3 is 2.76 bits per heavy atom. The van der Waals surface area contributed by atoms with Crippen LogP contribution in [0.5, 0.6) is 0 Å². The number of ketones is 1. The molecule has 3 rings (SSSR count). The number of hydrogen-bond acceptors (Lipinski definition) is 3. The van der Waals surface area contributed by atoms with Gasteiger partial charge in [-0.3, -0.25) is 9.59 Å². The molecule has 2 aliphatic rings. The zero-order valence-electron chi connectivity index (χ0n) is 13.6. The van der Waals surface area contributed by atoms with Crippen LogP contribution in [0.1, 0.15) is 31.2 Å². The number of amides is 1. The van der Waals surface area contributed by atoms with E-state index in [0.29, 0.717) is 16.8 Å². The van der Waals surface area contributed by atoms with E-state index in [0.717, 1.165) is 24.3 Å². The Kier molecular flexibility index (Phi) is 5.55. The van der Waals surface area contributed by atoms with Crippen molar-refractivity contribution in [1.82, 2.24) is 4.90 Å². The monoisotopic (exact) mass is 380 g/mol. The van der Waals surface area contributed by atoms with E-state index in [1.165, 1.54) is 17.0 Å². The molecular formula is C18H18ClFN2O2S. The molecule has 0 N–H and O–H groups in total. The third-order valence-electron chi connectivity index (χ3n) is 4.63. The topological polar surface area (TPSA) is 61.2 Å². The van der Waals surface area contributed by atoms with Crippen LogP contribution in [0.4, 0.5) is 4.39 Å². The molecule has 0 spiro atoms. The molecule has 2 heterocycles. The van der Waals surface area contributed by atoms with E-state index < -0.39 is 11.9 Å². The highest BCUT2D eigenvalue weighted by Gasteiger charge is 2.38. The van der Waals surface area contributed by atoms with Crippen LogP contribution >= 0.6 is 22.1 Å². The van der Waals surface area contributed by atoms with Gasteiger partial charge in [-0.15, -0.1) is 0 Å². The number of carbonyl (C=O) groups is 2. The summed E-state index contributed by atoms with van der Waals surface area (Å²) in [4.78, 5) is 26.8. The predicted octanol–water partition coefficient (Wildman–Crippen LogP) is 3.30. The number of likely N-dealkylation sites (tertiary alicyclic amines) is 1. The van der Waals surface area contributed by atoms with E-state index in [1.807, 2.05) is 0 Å². The lowest BCUT2D eigenvalue weighted by atomic mass is 10.1. The Hall–Kier alpha value is -1.71. The van der Waals surface area contributed by atoms with Crippen molar-refractivity contribution in [3.05, 3.63) is 34.6 Å². The van der Waals surface area contributed by atoms with E-state index in [2.05, 4.69) is 6.07 Å². The molecule has 0 bridgehead atoms. The maximum absolute atomic E-state index is 14.1. The SMILES string of the molecule is N#CC(C(=O)C1CCC(=O)N1Cc1ccc(Cl)cc1F)=S1CCCC1. The van der Waals surface area contributed by atoms with Crippen LogP contribution in [0.25, 0.3) is 0 Å². The number of halogens is 2. The molecule has 132 valence electrons. The average molecular weight is 381 g/mol. The van der Waals surface area contributed by atoms with Crippen LogP contribution < -0.4 is 0 Å². The summed E-state index contributed by atoms with van der Waals surface area (Å²) in [5.41, 5.74) is 0.319. The summed E-state index contributed by atoms with van der Waals surface area (Å²) in [6, 6.07) is 5.71. The number of nitrogens with zero attached hydrogens (tertiary/aromatic N) is 2. The van der Waals surface area contributed by atoms with Crippen LogP contribution in [0.2, 0.25) is 5.02 Å². The fraction of sp³-hybridized carbons (Fsp3) is 0.444. The Morgan fingerprint density at radius 1 is 1.40 bits per heavy atom. The third-order valence-corrected chi connectivity index (χ3v) is 7.30. The predicted molar refractivity (Wildman–Crippen MR) is 97.2 cm³/mol. The van der Waals surface area contributed by atoms with Gasteiger partial charge in [0.25, 0.3) is 0 Å². The summed E-state index contributed by atoms with van der Waals surface area (Å²) >= 11 is 5.76. The Labute approximate surface area is 153 Å². The summed E-state index contributed by atoms with van der Waals surface area (Å²) < 4.78 is 14.1. The normalized spacial score (nSPS) is 20.8. The lowest BCUT2D eigenvalue weighted by Gasteiger charge is -2.24. The number of carbonyl (C=O) groups excluding carboxylic acids is 2. The number of nitriles is 1. The molecular weight excluding hydrogens is 363 g/mol. The Bertz CT molecular complexity index is 795. The van der Waals surface area contributed by atoms with E-state index >= 15 is 0 Å². The van der Waals surface area contributed by atoms with Crippen LogP contribution in [0.15, 0.2) is 18.2 Å². The summed E-state index contributed by atoms with van der Waals surface area (Å²) in [6.07, 6.45) is 2.70. The molecule has 2 fully saturated rings. The van der Waals surface area contributed by atoms with Crippen molar-refractivity contribution in [2.45, 2.75) is 38.3 Å². The molecule has 0 aromatic heterocycles. The minimum atomic E-state index is -0.662. The summed E-state index contributed by atoms with van der Waals surface area (Å²) in [6.45, 7) is 0.0186. The van der Waals surface area contributed by atoms with Gasteiger partial charge in [0.1, 0.15) is 16.8 Å². The second kappa shape index (κ2) is 7.67. The van der Waals surface area contributed by atoms with Crippen LogP contribution in [0.3, 0.4) is 0 Å². The molecule has 0 aliphatic carbocycles. The zero-order valence-corrected chi connectivity index (χ0v) is 15.2. The van der Waals surface area contributed by atoms with Gasteiger partial charge in [0, 0.05) is 23.6 Å². The summed E-state index contributed by atoms with van der Waals surface area (Å²) in [5.74, 6) is 0.815. The third kappa shape index (κ3) is 3.78. The molecule has 0 radical (unpaired) electrons. The molecule has 0 saturated carbocycles. The summed E-state index contributed by atoms with van der Waals surface area (Å²) in [5, 5.41) is 9.74. The molecule has 4 nitrogen and oxygen atoms in total. The maximum atomic E-state index is 14.1. The molecule has 1 unspecified atom stereocenters. The largest absolute Gasteiger partial charge is 0.328 e. The van der Waals surface area contributed by atoms with Gasteiger partial charge in [-0.1, -0.05) is 17.7 Å². The van der Waals surface area contributed by atoms with Crippen molar-refractivity contribution in [2.75, 3.05) is 11.5 Å².